The van der Waals surface area contributed by atoms with Crippen molar-refractivity contribution in [3.63, 3.8) is 0 Å². The van der Waals surface area contributed by atoms with E-state index in [9.17, 15) is 13.2 Å². The molecule has 0 aromatic heterocycles. The minimum atomic E-state index is -1.51. The van der Waals surface area contributed by atoms with Crippen molar-refractivity contribution >= 4 is 0 Å². The monoisotopic (exact) mass is 308 g/mol. The Morgan fingerprint density at radius 3 is 2.32 bits per heavy atom. The summed E-state index contributed by atoms with van der Waals surface area (Å²) in [5.74, 6) is -4.27. The van der Waals surface area contributed by atoms with Gasteiger partial charge < -0.3 is 9.47 Å². The van der Waals surface area contributed by atoms with Crippen molar-refractivity contribution in [2.75, 3.05) is 0 Å². The van der Waals surface area contributed by atoms with E-state index in [2.05, 4.69) is 0 Å². The molecule has 0 heterocycles. The number of benzene rings is 2. The fraction of sp³-hybridized carbons (Fsp3) is 0.294. The van der Waals surface area contributed by atoms with Crippen molar-refractivity contribution in [2.45, 2.75) is 31.7 Å². The Morgan fingerprint density at radius 1 is 0.864 bits per heavy atom. The summed E-state index contributed by atoms with van der Waals surface area (Å²) in [6.45, 7) is 0.512. The maximum absolute atomic E-state index is 13.5. The van der Waals surface area contributed by atoms with Crippen LogP contribution in [0.3, 0.4) is 0 Å². The molecule has 1 aliphatic rings. The highest BCUT2D eigenvalue weighted by Crippen LogP contribution is 2.31. The zero-order valence-corrected chi connectivity index (χ0v) is 11.8. The molecule has 22 heavy (non-hydrogen) atoms. The van der Waals surface area contributed by atoms with Gasteiger partial charge in [-0.15, -0.1) is 0 Å². The third-order valence-corrected chi connectivity index (χ3v) is 3.67. The minimum Gasteiger partial charge on any atom is -0.487 e. The fourth-order valence-electron chi connectivity index (χ4n) is 2.32. The number of ether oxygens (including phenoxy) is 2. The van der Waals surface area contributed by atoms with Crippen molar-refractivity contribution in [1.29, 1.82) is 0 Å². The highest BCUT2D eigenvalue weighted by atomic mass is 19.2. The second-order valence-electron chi connectivity index (χ2n) is 5.30. The van der Waals surface area contributed by atoms with Gasteiger partial charge in [0.2, 0.25) is 5.82 Å². The standard InChI is InChI=1S/C17H15F3O2/c18-14-6-7-15(17(20)16(14)19)22-13-8-12(9-13)21-10-11-4-2-1-3-5-11/h1-7,12-13H,8-10H2/t12-,13-. The number of halogens is 3. The van der Waals surface area contributed by atoms with E-state index in [0.29, 0.717) is 19.4 Å². The molecule has 0 radical (unpaired) electrons. The zero-order valence-electron chi connectivity index (χ0n) is 11.8. The lowest BCUT2D eigenvalue weighted by molar-refractivity contribution is -0.0693. The van der Waals surface area contributed by atoms with Gasteiger partial charge in [-0.3, -0.25) is 0 Å². The van der Waals surface area contributed by atoms with Crippen LogP contribution in [-0.2, 0) is 11.3 Å². The van der Waals surface area contributed by atoms with Gasteiger partial charge in [0, 0.05) is 12.8 Å². The van der Waals surface area contributed by atoms with E-state index in [1.807, 2.05) is 30.3 Å². The summed E-state index contributed by atoms with van der Waals surface area (Å²) in [4.78, 5) is 0. The maximum Gasteiger partial charge on any atom is 0.203 e. The number of hydrogen-bond donors (Lipinski definition) is 0. The molecule has 2 aromatic rings. The van der Waals surface area contributed by atoms with Gasteiger partial charge in [0.15, 0.2) is 17.4 Å². The lowest BCUT2D eigenvalue weighted by Crippen LogP contribution is -2.39. The Bertz CT molecular complexity index is 640. The van der Waals surface area contributed by atoms with E-state index in [4.69, 9.17) is 9.47 Å². The Balaban J connectivity index is 1.47. The maximum atomic E-state index is 13.5. The highest BCUT2D eigenvalue weighted by molar-refractivity contribution is 5.26. The molecule has 1 fully saturated rings. The van der Waals surface area contributed by atoms with Gasteiger partial charge in [-0.05, 0) is 17.7 Å². The van der Waals surface area contributed by atoms with Crippen LogP contribution >= 0.6 is 0 Å². The molecule has 3 rings (SSSR count). The summed E-state index contributed by atoms with van der Waals surface area (Å²) in [7, 11) is 0. The molecule has 0 bridgehead atoms. The van der Waals surface area contributed by atoms with Crippen LogP contribution < -0.4 is 4.74 Å². The van der Waals surface area contributed by atoms with Crippen molar-refractivity contribution in [3.8, 4) is 5.75 Å². The first-order valence-corrected chi connectivity index (χ1v) is 7.09. The molecule has 0 amide bonds. The Morgan fingerprint density at radius 2 is 1.59 bits per heavy atom. The Labute approximate surface area is 126 Å². The van der Waals surface area contributed by atoms with Crippen LogP contribution in [0.1, 0.15) is 18.4 Å². The smallest absolute Gasteiger partial charge is 0.203 e. The van der Waals surface area contributed by atoms with Gasteiger partial charge in [-0.2, -0.15) is 4.39 Å². The quantitative estimate of drug-likeness (QED) is 0.770. The SMILES string of the molecule is Fc1ccc(O[C@H]2C[C@H](OCc3ccccc3)C2)c(F)c1F. The Hall–Kier alpha value is -2.01. The lowest BCUT2D eigenvalue weighted by Gasteiger charge is -2.35. The van der Waals surface area contributed by atoms with Crippen LogP contribution in [0.2, 0.25) is 0 Å². The molecule has 2 aromatic carbocycles. The molecule has 0 atom stereocenters. The third kappa shape index (κ3) is 3.25. The third-order valence-electron chi connectivity index (χ3n) is 3.67. The van der Waals surface area contributed by atoms with Crippen LogP contribution in [0.4, 0.5) is 13.2 Å². The Kier molecular flexibility index (Phi) is 4.34. The molecular weight excluding hydrogens is 293 g/mol. The first kappa shape index (κ1) is 14.9. The van der Waals surface area contributed by atoms with Gasteiger partial charge >= 0.3 is 0 Å². The first-order valence-electron chi connectivity index (χ1n) is 7.09. The predicted molar refractivity (Wildman–Crippen MR) is 75.0 cm³/mol. The molecular formula is C17H15F3O2. The summed E-state index contributed by atoms with van der Waals surface area (Å²) < 4.78 is 50.4. The molecule has 1 saturated carbocycles. The van der Waals surface area contributed by atoms with Crippen LogP contribution in [0.15, 0.2) is 42.5 Å². The average Bonchev–Trinajstić information content (AvgIpc) is 2.50. The zero-order chi connectivity index (χ0) is 15.5. The van der Waals surface area contributed by atoms with Crippen LogP contribution in [0, 0.1) is 17.5 Å². The van der Waals surface area contributed by atoms with Crippen molar-refractivity contribution in [1.82, 2.24) is 0 Å². The van der Waals surface area contributed by atoms with Gasteiger partial charge in [-0.1, -0.05) is 30.3 Å². The van der Waals surface area contributed by atoms with E-state index in [-0.39, 0.29) is 18.0 Å². The molecule has 116 valence electrons. The van der Waals surface area contributed by atoms with Gasteiger partial charge in [0.1, 0.15) is 6.10 Å². The molecule has 0 spiro atoms. The summed E-state index contributed by atoms with van der Waals surface area (Å²) >= 11 is 0. The van der Waals surface area contributed by atoms with Crippen molar-refractivity contribution in [2.24, 2.45) is 0 Å². The minimum absolute atomic E-state index is 0.0403. The second kappa shape index (κ2) is 6.40. The molecule has 0 unspecified atom stereocenters. The first-order chi connectivity index (χ1) is 10.6. The van der Waals surface area contributed by atoms with E-state index >= 15 is 0 Å². The second-order valence-corrected chi connectivity index (χ2v) is 5.30. The fourth-order valence-corrected chi connectivity index (χ4v) is 2.32. The molecule has 5 heteroatoms. The summed E-state index contributed by atoms with van der Waals surface area (Å²) in [5, 5.41) is 0. The van der Waals surface area contributed by atoms with Gasteiger partial charge in [0.25, 0.3) is 0 Å². The molecule has 1 aliphatic carbocycles. The van der Waals surface area contributed by atoms with Crippen molar-refractivity contribution in [3.05, 3.63) is 65.5 Å². The normalized spacial score (nSPS) is 20.5. The van der Waals surface area contributed by atoms with Crippen LogP contribution in [0.25, 0.3) is 0 Å². The van der Waals surface area contributed by atoms with Crippen LogP contribution in [0.5, 0.6) is 5.75 Å². The summed E-state index contributed by atoms with van der Waals surface area (Å²) in [5.41, 5.74) is 1.08. The largest absolute Gasteiger partial charge is 0.487 e. The molecule has 0 aliphatic heterocycles. The molecule has 2 nitrogen and oxygen atoms in total. The van der Waals surface area contributed by atoms with E-state index in [0.717, 1.165) is 17.7 Å². The summed E-state index contributed by atoms with van der Waals surface area (Å²) in [6.07, 6.45) is 1.01. The summed E-state index contributed by atoms with van der Waals surface area (Å²) in [6, 6.07) is 11.7. The van der Waals surface area contributed by atoms with Crippen molar-refractivity contribution < 1.29 is 22.6 Å². The van der Waals surface area contributed by atoms with Gasteiger partial charge in [0.05, 0.1) is 12.7 Å². The number of rotatable bonds is 5. The highest BCUT2D eigenvalue weighted by Gasteiger charge is 2.32. The van der Waals surface area contributed by atoms with E-state index in [1.165, 1.54) is 0 Å². The van der Waals surface area contributed by atoms with Crippen LogP contribution in [-0.4, -0.2) is 12.2 Å². The topological polar surface area (TPSA) is 18.5 Å². The molecule has 0 saturated heterocycles. The predicted octanol–water partition coefficient (Wildman–Crippen LogP) is 4.23. The van der Waals surface area contributed by atoms with Gasteiger partial charge in [-0.25, -0.2) is 8.78 Å². The molecule has 0 N–H and O–H groups in total. The lowest BCUT2D eigenvalue weighted by atomic mass is 9.92. The van der Waals surface area contributed by atoms with E-state index < -0.39 is 17.5 Å². The van der Waals surface area contributed by atoms with E-state index in [1.54, 1.807) is 0 Å². The number of hydrogen-bond acceptors (Lipinski definition) is 2. The average molecular weight is 308 g/mol.